The van der Waals surface area contributed by atoms with Gasteiger partial charge in [0.15, 0.2) is 0 Å². The monoisotopic (exact) mass is 299 g/mol. The first-order valence-corrected chi connectivity index (χ1v) is 7.72. The zero-order valence-corrected chi connectivity index (χ0v) is 14.0. The number of carboxylic acids is 1. The van der Waals surface area contributed by atoms with Crippen LogP contribution in [0.4, 0.5) is 4.79 Å². The summed E-state index contributed by atoms with van der Waals surface area (Å²) in [5.74, 6) is -0.591. The molecule has 122 valence electrons. The van der Waals surface area contributed by atoms with Crippen LogP contribution in [-0.2, 0) is 9.53 Å². The van der Waals surface area contributed by atoms with E-state index in [2.05, 4.69) is 5.32 Å². The smallest absolute Gasteiger partial charge is 0.408 e. The van der Waals surface area contributed by atoms with E-state index in [0.717, 1.165) is 12.8 Å². The minimum absolute atomic E-state index is 0.0845. The summed E-state index contributed by atoms with van der Waals surface area (Å²) in [6.07, 6.45) is 1.60. The van der Waals surface area contributed by atoms with Gasteiger partial charge in [-0.1, -0.05) is 27.2 Å². The minimum Gasteiger partial charge on any atom is -0.479 e. The van der Waals surface area contributed by atoms with Crippen LogP contribution in [0.1, 0.15) is 60.8 Å². The molecule has 5 nitrogen and oxygen atoms in total. The summed E-state index contributed by atoms with van der Waals surface area (Å²) in [6.45, 7) is 11.4. The second kappa shape index (κ2) is 6.24. The van der Waals surface area contributed by atoms with Gasteiger partial charge in [0.25, 0.3) is 0 Å². The van der Waals surface area contributed by atoms with Gasteiger partial charge in [-0.25, -0.2) is 9.59 Å². The maximum atomic E-state index is 12.1. The number of ether oxygens (including phenoxy) is 1. The highest BCUT2D eigenvalue weighted by Gasteiger charge is 2.51. The van der Waals surface area contributed by atoms with E-state index in [-0.39, 0.29) is 17.8 Å². The molecule has 1 amide bonds. The zero-order valence-electron chi connectivity index (χ0n) is 14.0. The highest BCUT2D eigenvalue weighted by atomic mass is 16.6. The topological polar surface area (TPSA) is 75.6 Å². The molecule has 2 N–H and O–H groups in total. The zero-order chi connectivity index (χ0) is 16.4. The van der Waals surface area contributed by atoms with Gasteiger partial charge in [-0.15, -0.1) is 0 Å². The van der Waals surface area contributed by atoms with Gasteiger partial charge in [0, 0.05) is 0 Å². The van der Waals surface area contributed by atoms with Crippen molar-refractivity contribution in [1.82, 2.24) is 5.32 Å². The van der Waals surface area contributed by atoms with Crippen LogP contribution in [0.2, 0.25) is 0 Å². The van der Waals surface area contributed by atoms with Crippen molar-refractivity contribution in [2.24, 2.45) is 17.8 Å². The predicted molar refractivity (Wildman–Crippen MR) is 81.1 cm³/mol. The fourth-order valence-electron chi connectivity index (χ4n) is 3.34. The van der Waals surface area contributed by atoms with Crippen molar-refractivity contribution in [3.63, 3.8) is 0 Å². The van der Waals surface area contributed by atoms with Crippen molar-refractivity contribution < 1.29 is 19.4 Å². The molecule has 0 bridgehead atoms. The third-order valence-electron chi connectivity index (χ3n) is 4.18. The Labute approximate surface area is 127 Å². The molecule has 1 saturated carbocycles. The number of hydrogen-bond acceptors (Lipinski definition) is 3. The number of carboxylic acid groups (broad SMARTS) is 1. The van der Waals surface area contributed by atoms with E-state index in [1.54, 1.807) is 20.8 Å². The molecule has 21 heavy (non-hydrogen) atoms. The molecule has 1 rings (SSSR count). The standard InChI is InChI=1S/C16H29NO4/c1-10(2)12-8-7-11(3)9-16(12,13(18)19)17-14(20)21-15(4,5)6/h10-12H,7-9H2,1-6H3,(H,17,20)(H,18,19)/t11-,12+,16+/m1/s1. The molecule has 0 saturated heterocycles. The second-order valence-corrected chi connectivity index (χ2v) is 7.64. The molecule has 1 aliphatic rings. The van der Waals surface area contributed by atoms with Crippen molar-refractivity contribution in [3.8, 4) is 0 Å². The van der Waals surface area contributed by atoms with E-state index >= 15 is 0 Å². The first kappa shape index (κ1) is 17.8. The van der Waals surface area contributed by atoms with E-state index in [1.807, 2.05) is 20.8 Å². The Bertz CT molecular complexity index is 400. The number of carbonyl (C=O) groups excluding carboxylic acids is 1. The molecule has 0 aromatic carbocycles. The number of rotatable bonds is 3. The van der Waals surface area contributed by atoms with Gasteiger partial charge in [0.05, 0.1) is 0 Å². The molecule has 0 unspecified atom stereocenters. The predicted octanol–water partition coefficient (Wildman–Crippen LogP) is 3.43. The Morgan fingerprint density at radius 2 is 1.86 bits per heavy atom. The third-order valence-corrected chi connectivity index (χ3v) is 4.18. The summed E-state index contributed by atoms with van der Waals surface area (Å²) in [7, 11) is 0. The quantitative estimate of drug-likeness (QED) is 0.837. The summed E-state index contributed by atoms with van der Waals surface area (Å²) in [5, 5.41) is 12.5. The Kier molecular flexibility index (Phi) is 5.29. The number of carbonyl (C=O) groups is 2. The van der Waals surface area contributed by atoms with Gasteiger partial charge >= 0.3 is 12.1 Å². The van der Waals surface area contributed by atoms with Crippen LogP contribution in [0, 0.1) is 17.8 Å². The average molecular weight is 299 g/mol. The summed E-state index contributed by atoms with van der Waals surface area (Å²) in [4.78, 5) is 24.1. The maximum Gasteiger partial charge on any atom is 0.408 e. The lowest BCUT2D eigenvalue weighted by Gasteiger charge is -2.45. The van der Waals surface area contributed by atoms with Crippen molar-refractivity contribution in [1.29, 1.82) is 0 Å². The second-order valence-electron chi connectivity index (χ2n) is 7.64. The Morgan fingerprint density at radius 1 is 1.29 bits per heavy atom. The van der Waals surface area contributed by atoms with E-state index in [0.29, 0.717) is 6.42 Å². The van der Waals surface area contributed by atoms with Gasteiger partial charge < -0.3 is 15.2 Å². The van der Waals surface area contributed by atoms with Crippen LogP contribution in [0.5, 0.6) is 0 Å². The highest BCUT2D eigenvalue weighted by molar-refractivity contribution is 5.85. The number of alkyl carbamates (subject to hydrolysis) is 1. The van der Waals surface area contributed by atoms with Gasteiger partial charge in [-0.2, -0.15) is 0 Å². The van der Waals surface area contributed by atoms with Crippen LogP contribution >= 0.6 is 0 Å². The maximum absolute atomic E-state index is 12.1. The van der Waals surface area contributed by atoms with Crippen molar-refractivity contribution in [2.75, 3.05) is 0 Å². The molecule has 3 atom stereocenters. The first-order valence-electron chi connectivity index (χ1n) is 7.72. The molecule has 1 fully saturated rings. The van der Waals surface area contributed by atoms with Crippen LogP contribution < -0.4 is 5.32 Å². The lowest BCUT2D eigenvalue weighted by molar-refractivity contribution is -0.151. The number of aliphatic carboxylic acids is 1. The van der Waals surface area contributed by atoms with Crippen LogP contribution in [-0.4, -0.2) is 28.3 Å². The van der Waals surface area contributed by atoms with Gasteiger partial charge in [-0.05, 0) is 51.4 Å². The lowest BCUT2D eigenvalue weighted by atomic mass is 9.65. The van der Waals surface area contributed by atoms with E-state index < -0.39 is 23.2 Å². The summed E-state index contributed by atoms with van der Waals surface area (Å²) >= 11 is 0. The van der Waals surface area contributed by atoms with Gasteiger partial charge in [-0.3, -0.25) is 0 Å². The van der Waals surface area contributed by atoms with E-state index in [4.69, 9.17) is 4.74 Å². The molecule has 0 spiro atoms. The fourth-order valence-corrected chi connectivity index (χ4v) is 3.34. The fraction of sp³-hybridized carbons (Fsp3) is 0.875. The van der Waals surface area contributed by atoms with Crippen molar-refractivity contribution >= 4 is 12.1 Å². The van der Waals surface area contributed by atoms with Crippen molar-refractivity contribution in [3.05, 3.63) is 0 Å². The largest absolute Gasteiger partial charge is 0.479 e. The molecule has 0 aromatic heterocycles. The SMILES string of the molecule is CC(C)[C@@H]1CC[C@@H](C)C[C@@]1(NC(=O)OC(C)(C)C)C(=O)O. The lowest BCUT2D eigenvalue weighted by Crippen LogP contribution is -2.63. The van der Waals surface area contributed by atoms with Crippen LogP contribution in [0.15, 0.2) is 0 Å². The van der Waals surface area contributed by atoms with Crippen LogP contribution in [0.3, 0.4) is 0 Å². The summed E-state index contributed by atoms with van der Waals surface area (Å²) < 4.78 is 5.27. The summed E-state index contributed by atoms with van der Waals surface area (Å²) in [5.41, 5.74) is -1.87. The summed E-state index contributed by atoms with van der Waals surface area (Å²) in [6, 6.07) is 0. The number of nitrogens with one attached hydrogen (secondary N) is 1. The Morgan fingerprint density at radius 3 is 2.29 bits per heavy atom. The molecule has 0 aromatic rings. The minimum atomic E-state index is -1.23. The average Bonchev–Trinajstić information content (AvgIpc) is 2.24. The third kappa shape index (κ3) is 4.35. The molecule has 1 aliphatic carbocycles. The van der Waals surface area contributed by atoms with Gasteiger partial charge in [0.1, 0.15) is 11.1 Å². The Hall–Kier alpha value is -1.26. The Balaban J connectivity index is 3.04. The molecular formula is C16H29NO4. The molecule has 0 aliphatic heterocycles. The normalized spacial score (nSPS) is 30.0. The molecule has 0 heterocycles. The van der Waals surface area contributed by atoms with E-state index in [9.17, 15) is 14.7 Å². The van der Waals surface area contributed by atoms with E-state index in [1.165, 1.54) is 0 Å². The first-order chi connectivity index (χ1) is 9.48. The highest BCUT2D eigenvalue weighted by Crippen LogP contribution is 2.41. The molecule has 5 heteroatoms. The van der Waals surface area contributed by atoms with Gasteiger partial charge in [0.2, 0.25) is 0 Å². The number of hydrogen-bond donors (Lipinski definition) is 2. The van der Waals surface area contributed by atoms with Crippen LogP contribution in [0.25, 0.3) is 0 Å². The molecular weight excluding hydrogens is 270 g/mol. The van der Waals surface area contributed by atoms with Crippen molar-refractivity contribution in [2.45, 2.75) is 71.9 Å². The number of amides is 1. The molecule has 0 radical (unpaired) electrons.